The molecule has 1 aromatic carbocycles. The van der Waals surface area contributed by atoms with E-state index >= 15 is 0 Å². The summed E-state index contributed by atoms with van der Waals surface area (Å²) in [6.45, 7) is 6.27. The Labute approximate surface area is 115 Å². The molecule has 19 heavy (non-hydrogen) atoms. The zero-order valence-electron chi connectivity index (χ0n) is 12.7. The van der Waals surface area contributed by atoms with Crippen LogP contribution in [-0.4, -0.2) is 31.5 Å². The normalized spacial score (nSPS) is 14.6. The van der Waals surface area contributed by atoms with Crippen molar-refractivity contribution >= 4 is 0 Å². The third-order valence-electron chi connectivity index (χ3n) is 3.51. The Hall–Kier alpha value is -1.26. The van der Waals surface area contributed by atoms with Gasteiger partial charge in [-0.1, -0.05) is 13.8 Å². The van der Waals surface area contributed by atoms with Crippen molar-refractivity contribution in [3.63, 3.8) is 0 Å². The van der Waals surface area contributed by atoms with Gasteiger partial charge in [0.15, 0.2) is 0 Å². The summed E-state index contributed by atoms with van der Waals surface area (Å²) in [5.74, 6) is 1.95. The smallest absolute Gasteiger partial charge is 0.124 e. The highest BCUT2D eigenvalue weighted by atomic mass is 16.5. The summed E-state index contributed by atoms with van der Waals surface area (Å²) in [5.41, 5.74) is 0.404. The molecule has 0 aliphatic carbocycles. The molecule has 0 saturated heterocycles. The van der Waals surface area contributed by atoms with Crippen molar-refractivity contribution in [2.45, 2.75) is 32.7 Å². The molecule has 4 nitrogen and oxygen atoms in total. The lowest BCUT2D eigenvalue weighted by Crippen LogP contribution is -2.40. The van der Waals surface area contributed by atoms with E-state index in [2.05, 4.69) is 13.8 Å². The first-order valence-corrected chi connectivity index (χ1v) is 6.50. The molecule has 0 aliphatic rings. The Morgan fingerprint density at radius 1 is 1.26 bits per heavy atom. The molecule has 0 bridgehead atoms. The van der Waals surface area contributed by atoms with Crippen molar-refractivity contribution in [3.05, 3.63) is 23.8 Å². The van der Waals surface area contributed by atoms with Crippen molar-refractivity contribution in [1.82, 2.24) is 5.06 Å². The molecule has 1 atom stereocenters. The Bertz CT molecular complexity index is 418. The first-order chi connectivity index (χ1) is 8.85. The lowest BCUT2D eigenvalue weighted by molar-refractivity contribution is -0.157. The monoisotopic (exact) mass is 267 g/mol. The summed E-state index contributed by atoms with van der Waals surface area (Å²) >= 11 is 0. The van der Waals surface area contributed by atoms with E-state index in [-0.39, 0.29) is 0 Å². The zero-order valence-corrected chi connectivity index (χ0v) is 12.7. The Kier molecular flexibility index (Phi) is 5.20. The van der Waals surface area contributed by atoms with Gasteiger partial charge in [-0.25, -0.2) is 0 Å². The SMILES string of the molecule is COc1ccc(OC)c(C(C)(CC(C)C)N(C)O)c1. The molecule has 1 aromatic rings. The highest BCUT2D eigenvalue weighted by Crippen LogP contribution is 2.40. The number of methoxy groups -OCH3 is 2. The van der Waals surface area contributed by atoms with Crippen LogP contribution in [0.2, 0.25) is 0 Å². The molecule has 0 aromatic heterocycles. The Morgan fingerprint density at radius 2 is 1.89 bits per heavy atom. The van der Waals surface area contributed by atoms with E-state index in [0.29, 0.717) is 5.92 Å². The second-order valence-corrected chi connectivity index (χ2v) is 5.46. The van der Waals surface area contributed by atoms with Gasteiger partial charge >= 0.3 is 0 Å². The minimum atomic E-state index is -0.520. The largest absolute Gasteiger partial charge is 0.497 e. The molecule has 0 saturated carbocycles. The molecule has 1 rings (SSSR count). The fraction of sp³-hybridized carbons (Fsp3) is 0.600. The molecule has 0 amide bonds. The van der Waals surface area contributed by atoms with Crippen LogP contribution in [0.5, 0.6) is 11.5 Å². The number of benzene rings is 1. The van der Waals surface area contributed by atoms with Gasteiger partial charge in [-0.05, 0) is 37.5 Å². The zero-order chi connectivity index (χ0) is 14.6. The number of hydrogen-bond donors (Lipinski definition) is 1. The van der Waals surface area contributed by atoms with Crippen molar-refractivity contribution < 1.29 is 14.7 Å². The molecule has 0 aliphatic heterocycles. The highest BCUT2D eigenvalue weighted by Gasteiger charge is 2.34. The fourth-order valence-corrected chi connectivity index (χ4v) is 2.45. The van der Waals surface area contributed by atoms with Crippen LogP contribution in [-0.2, 0) is 5.54 Å². The van der Waals surface area contributed by atoms with Crippen molar-refractivity contribution in [1.29, 1.82) is 0 Å². The number of hydrogen-bond acceptors (Lipinski definition) is 4. The van der Waals surface area contributed by atoms with Crippen molar-refractivity contribution in [2.24, 2.45) is 5.92 Å². The number of nitrogens with zero attached hydrogens (tertiary/aromatic N) is 1. The maximum absolute atomic E-state index is 10.1. The highest BCUT2D eigenvalue weighted by molar-refractivity contribution is 5.44. The second-order valence-electron chi connectivity index (χ2n) is 5.46. The topological polar surface area (TPSA) is 41.9 Å². The summed E-state index contributed by atoms with van der Waals surface area (Å²) in [5, 5.41) is 11.3. The van der Waals surface area contributed by atoms with Gasteiger partial charge in [0.05, 0.1) is 19.8 Å². The third kappa shape index (κ3) is 3.39. The summed E-state index contributed by atoms with van der Waals surface area (Å²) < 4.78 is 10.7. The quantitative estimate of drug-likeness (QED) is 0.803. The summed E-state index contributed by atoms with van der Waals surface area (Å²) in [6, 6.07) is 5.65. The Morgan fingerprint density at radius 3 is 2.32 bits per heavy atom. The van der Waals surface area contributed by atoms with Crippen LogP contribution in [0, 0.1) is 5.92 Å². The first kappa shape index (κ1) is 15.8. The van der Waals surface area contributed by atoms with Gasteiger partial charge in [-0.2, -0.15) is 5.06 Å². The van der Waals surface area contributed by atoms with Crippen LogP contribution in [0.25, 0.3) is 0 Å². The van der Waals surface area contributed by atoms with E-state index < -0.39 is 5.54 Å². The van der Waals surface area contributed by atoms with Crippen molar-refractivity contribution in [3.8, 4) is 11.5 Å². The summed E-state index contributed by atoms with van der Waals surface area (Å²) in [4.78, 5) is 0. The molecule has 0 fully saturated rings. The number of rotatable bonds is 6. The molecule has 108 valence electrons. The summed E-state index contributed by atoms with van der Waals surface area (Å²) in [7, 11) is 4.94. The predicted molar refractivity (Wildman–Crippen MR) is 75.9 cm³/mol. The molecular formula is C15H25NO3. The van der Waals surface area contributed by atoms with Gasteiger partial charge in [0, 0.05) is 12.6 Å². The van der Waals surface area contributed by atoms with Gasteiger partial charge in [-0.15, -0.1) is 0 Å². The van der Waals surface area contributed by atoms with Crippen LogP contribution < -0.4 is 9.47 Å². The van der Waals surface area contributed by atoms with Crippen LogP contribution in [0.15, 0.2) is 18.2 Å². The average Bonchev–Trinajstić information content (AvgIpc) is 2.36. The maximum Gasteiger partial charge on any atom is 0.124 e. The van der Waals surface area contributed by atoms with E-state index in [9.17, 15) is 5.21 Å². The number of hydroxylamine groups is 2. The second kappa shape index (κ2) is 6.26. The van der Waals surface area contributed by atoms with E-state index in [0.717, 1.165) is 23.5 Å². The maximum atomic E-state index is 10.1. The third-order valence-corrected chi connectivity index (χ3v) is 3.51. The molecule has 1 unspecified atom stereocenters. The van der Waals surface area contributed by atoms with Gasteiger partial charge < -0.3 is 14.7 Å². The molecule has 0 radical (unpaired) electrons. The van der Waals surface area contributed by atoms with Crippen LogP contribution >= 0.6 is 0 Å². The molecular weight excluding hydrogens is 242 g/mol. The van der Waals surface area contributed by atoms with E-state index in [4.69, 9.17) is 9.47 Å². The van der Waals surface area contributed by atoms with E-state index in [1.807, 2.05) is 25.1 Å². The van der Waals surface area contributed by atoms with Gasteiger partial charge in [-0.3, -0.25) is 0 Å². The lowest BCUT2D eigenvalue weighted by atomic mass is 9.83. The van der Waals surface area contributed by atoms with Gasteiger partial charge in [0.25, 0.3) is 0 Å². The average molecular weight is 267 g/mol. The lowest BCUT2D eigenvalue weighted by Gasteiger charge is -2.37. The molecule has 1 N–H and O–H groups in total. The standard InChI is InChI=1S/C15H25NO3/c1-11(2)10-15(3,16(4)17)13-9-12(18-5)7-8-14(13)19-6/h7-9,11,17H,10H2,1-6H3. The summed E-state index contributed by atoms with van der Waals surface area (Å²) in [6.07, 6.45) is 0.809. The first-order valence-electron chi connectivity index (χ1n) is 6.50. The van der Waals surface area contributed by atoms with E-state index in [1.54, 1.807) is 21.3 Å². The van der Waals surface area contributed by atoms with Gasteiger partial charge in [0.2, 0.25) is 0 Å². The van der Waals surface area contributed by atoms with Crippen LogP contribution in [0.3, 0.4) is 0 Å². The predicted octanol–water partition coefficient (Wildman–Crippen LogP) is 3.29. The van der Waals surface area contributed by atoms with Gasteiger partial charge in [0.1, 0.15) is 11.5 Å². The minimum absolute atomic E-state index is 0.440. The van der Waals surface area contributed by atoms with E-state index in [1.165, 1.54) is 5.06 Å². The van der Waals surface area contributed by atoms with Crippen molar-refractivity contribution in [2.75, 3.05) is 21.3 Å². The number of ether oxygens (including phenoxy) is 2. The minimum Gasteiger partial charge on any atom is -0.497 e. The Balaban J connectivity index is 3.35. The fourth-order valence-electron chi connectivity index (χ4n) is 2.45. The molecule has 4 heteroatoms. The molecule has 0 heterocycles. The van der Waals surface area contributed by atoms with Crippen LogP contribution in [0.4, 0.5) is 0 Å². The molecule has 0 spiro atoms. The van der Waals surface area contributed by atoms with Crippen LogP contribution in [0.1, 0.15) is 32.8 Å².